The lowest BCUT2D eigenvalue weighted by molar-refractivity contribution is -0.760. The fourth-order valence-electron chi connectivity index (χ4n) is 2.68. The number of hydrogen-bond acceptors (Lipinski definition) is 6. The maximum absolute atomic E-state index is 14.1. The topological polar surface area (TPSA) is 97.9 Å². The maximum Gasteiger partial charge on any atom is 0.420 e. The van der Waals surface area contributed by atoms with Crippen molar-refractivity contribution in [2.24, 2.45) is 0 Å². The molecule has 2 aromatic heterocycles. The second-order valence-corrected chi connectivity index (χ2v) is 7.76. The van der Waals surface area contributed by atoms with Gasteiger partial charge in [-0.2, -0.15) is 18.3 Å². The third-order valence-electron chi connectivity index (χ3n) is 3.90. The smallest absolute Gasteiger partial charge is 0.384 e. The summed E-state index contributed by atoms with van der Waals surface area (Å²) in [5, 5.41) is 15.2. The molecule has 0 bridgehead atoms. The summed E-state index contributed by atoms with van der Waals surface area (Å²) >= 11 is 0.361. The summed E-state index contributed by atoms with van der Waals surface area (Å²) in [7, 11) is 0. The van der Waals surface area contributed by atoms with Gasteiger partial charge in [-0.05, 0) is 32.0 Å². The van der Waals surface area contributed by atoms with E-state index < -0.39 is 28.9 Å². The molecule has 0 radical (unpaired) electrons. The van der Waals surface area contributed by atoms with Gasteiger partial charge in [0.25, 0.3) is 0 Å². The van der Waals surface area contributed by atoms with E-state index in [1.54, 1.807) is 13.8 Å². The van der Waals surface area contributed by atoms with E-state index in [0.717, 1.165) is 6.07 Å². The molecule has 4 N–H and O–H groups in total. The summed E-state index contributed by atoms with van der Waals surface area (Å²) in [6.45, 7) is 3.23. The van der Waals surface area contributed by atoms with E-state index >= 15 is 0 Å². The zero-order valence-corrected chi connectivity index (χ0v) is 16.6. The van der Waals surface area contributed by atoms with E-state index in [1.807, 2.05) is 0 Å². The Morgan fingerprint density at radius 3 is 2.60 bits per heavy atom. The van der Waals surface area contributed by atoms with Crippen LogP contribution in [0.1, 0.15) is 19.4 Å². The van der Waals surface area contributed by atoms with Crippen molar-refractivity contribution < 1.29 is 31.9 Å². The Labute approximate surface area is 173 Å². The maximum atomic E-state index is 14.1. The number of hydrogen-bond donors (Lipinski definition) is 4. The molecular formula is C18H18F4N5O2S+. The van der Waals surface area contributed by atoms with Crippen LogP contribution in [-0.4, -0.2) is 30.3 Å². The zero-order valence-electron chi connectivity index (χ0n) is 15.8. The molecule has 0 aliphatic heterocycles. The monoisotopic (exact) mass is 444 g/mol. The molecule has 3 rings (SSSR count). The molecule has 0 atom stereocenters. The van der Waals surface area contributed by atoms with Gasteiger partial charge in [0.2, 0.25) is 12.1 Å². The molecule has 30 heavy (non-hydrogen) atoms. The Morgan fingerprint density at radius 1 is 1.27 bits per heavy atom. The van der Waals surface area contributed by atoms with Crippen LogP contribution in [0.5, 0.6) is 0 Å². The van der Waals surface area contributed by atoms with E-state index in [2.05, 4.69) is 20.4 Å². The largest absolute Gasteiger partial charge is 0.420 e. The highest BCUT2D eigenvalue weighted by Gasteiger charge is 2.36. The van der Waals surface area contributed by atoms with Gasteiger partial charge in [-0.3, -0.25) is 0 Å². The molecule has 12 heteroatoms. The van der Waals surface area contributed by atoms with E-state index in [-0.39, 0.29) is 28.6 Å². The number of H-pyrrole nitrogens is 1. The highest BCUT2D eigenvalue weighted by molar-refractivity contribution is 7.93. The number of benzene rings is 1. The van der Waals surface area contributed by atoms with Crippen LogP contribution in [0.15, 0.2) is 41.7 Å². The summed E-state index contributed by atoms with van der Waals surface area (Å²) in [4.78, 5) is 7.85. The molecule has 2 heterocycles. The molecular weight excluding hydrogens is 426 g/mol. The number of aromatic nitrogens is 4. The van der Waals surface area contributed by atoms with Crippen molar-refractivity contribution in [2.75, 3.05) is 5.32 Å². The van der Waals surface area contributed by atoms with Crippen molar-refractivity contribution in [1.29, 1.82) is 0 Å². The van der Waals surface area contributed by atoms with Crippen molar-refractivity contribution >= 4 is 23.7 Å². The number of nitrogens with one attached hydrogen (secondary N) is 2. The third-order valence-corrected chi connectivity index (χ3v) is 4.36. The van der Waals surface area contributed by atoms with Crippen LogP contribution in [0.2, 0.25) is 0 Å². The van der Waals surface area contributed by atoms with Crippen LogP contribution in [0.25, 0.3) is 11.3 Å². The summed E-state index contributed by atoms with van der Waals surface area (Å²) < 4.78 is 64.9. The van der Waals surface area contributed by atoms with Crippen LogP contribution >= 0.6 is 12.0 Å². The highest BCUT2D eigenvalue weighted by atomic mass is 32.2. The average Bonchev–Trinajstić information content (AvgIpc) is 3.09. The number of rotatable bonds is 6. The van der Waals surface area contributed by atoms with Crippen molar-refractivity contribution in [1.82, 2.24) is 15.1 Å². The third kappa shape index (κ3) is 5.26. The second-order valence-electron chi connectivity index (χ2n) is 7.11. The van der Waals surface area contributed by atoms with E-state index in [9.17, 15) is 22.7 Å². The van der Waals surface area contributed by atoms with E-state index in [4.69, 9.17) is 4.55 Å². The van der Waals surface area contributed by atoms with E-state index in [1.165, 1.54) is 29.2 Å². The minimum atomic E-state index is -4.71. The Balaban J connectivity index is 1.99. The molecule has 0 fully saturated rings. The summed E-state index contributed by atoms with van der Waals surface area (Å²) in [5.41, 5.74) is -2.51. The Hall–Kier alpha value is -2.70. The Kier molecular flexibility index (Phi) is 6.01. The number of anilines is 2. The lowest BCUT2D eigenvalue weighted by atomic mass is 10.1. The quantitative estimate of drug-likeness (QED) is 0.261. The summed E-state index contributed by atoms with van der Waals surface area (Å²) in [6.07, 6.45) is -1.39. The zero-order chi connectivity index (χ0) is 22.1. The van der Waals surface area contributed by atoms with Crippen LogP contribution in [0.3, 0.4) is 0 Å². The standard InChI is InChI=1S/C18H17F4N5O2S/c1-17(2,28)9-27-8-10(6-24-27)15-12(18(20,21)22)7-23-16(26-15)25-14-4-3-11(30-29)5-13(14)19/h3-8,28H,9H2,1-2H3,(H2,23,25,26,29)/p+1. The number of aliphatic hydroxyl groups is 1. The fraction of sp³-hybridized carbons (Fsp3) is 0.278. The minimum Gasteiger partial charge on any atom is -0.384 e. The van der Waals surface area contributed by atoms with Crippen molar-refractivity contribution in [2.45, 2.75) is 37.1 Å². The number of halogens is 4. The van der Waals surface area contributed by atoms with Crippen LogP contribution < -0.4 is 10.00 Å². The second kappa shape index (κ2) is 8.20. The number of alkyl halides is 3. The molecule has 3 aromatic rings. The van der Waals surface area contributed by atoms with Gasteiger partial charge in [0.15, 0.2) is 6.54 Å². The van der Waals surface area contributed by atoms with Crippen LogP contribution in [-0.2, 0) is 12.7 Å². The normalized spacial score (nSPS) is 12.3. The van der Waals surface area contributed by atoms with Gasteiger partial charge in [0.05, 0.1) is 23.1 Å². The molecule has 0 amide bonds. The van der Waals surface area contributed by atoms with Gasteiger partial charge in [0, 0.05) is 23.1 Å². The van der Waals surface area contributed by atoms with Gasteiger partial charge in [0.1, 0.15) is 17.0 Å². The molecule has 0 saturated heterocycles. The summed E-state index contributed by atoms with van der Waals surface area (Å²) in [6, 6.07) is 3.79. The first-order valence-corrected chi connectivity index (χ1v) is 9.36. The predicted octanol–water partition coefficient (Wildman–Crippen LogP) is 4.00. The highest BCUT2D eigenvalue weighted by Crippen LogP contribution is 2.36. The molecule has 0 saturated carbocycles. The first kappa shape index (κ1) is 22.0. The van der Waals surface area contributed by atoms with Gasteiger partial charge in [-0.25, -0.2) is 14.4 Å². The predicted molar refractivity (Wildman–Crippen MR) is 101 cm³/mol. The Bertz CT molecular complexity index is 1050. The van der Waals surface area contributed by atoms with Crippen LogP contribution in [0.4, 0.5) is 29.2 Å². The molecule has 160 valence electrons. The number of nitrogens with zero attached hydrogens (tertiary/aromatic N) is 3. The molecule has 0 aliphatic rings. The van der Waals surface area contributed by atoms with Crippen molar-refractivity contribution in [3.05, 3.63) is 48.2 Å². The molecule has 0 spiro atoms. The first-order chi connectivity index (χ1) is 14.0. The molecule has 0 aliphatic carbocycles. The van der Waals surface area contributed by atoms with Crippen LogP contribution in [0, 0.1) is 5.82 Å². The molecule has 7 nitrogen and oxygen atoms in total. The lowest BCUT2D eigenvalue weighted by Gasteiger charge is -2.12. The number of aromatic amines is 1. The lowest BCUT2D eigenvalue weighted by Crippen LogP contribution is -2.45. The van der Waals surface area contributed by atoms with Gasteiger partial charge in [-0.1, -0.05) is 0 Å². The summed E-state index contributed by atoms with van der Waals surface area (Å²) in [5.74, 6) is -0.972. The van der Waals surface area contributed by atoms with Crippen molar-refractivity contribution in [3.63, 3.8) is 0 Å². The Morgan fingerprint density at radius 2 is 2.00 bits per heavy atom. The van der Waals surface area contributed by atoms with E-state index in [0.29, 0.717) is 18.2 Å². The first-order valence-electron chi connectivity index (χ1n) is 8.59. The van der Waals surface area contributed by atoms with Gasteiger partial charge < -0.3 is 15.0 Å². The molecule has 0 unspecified atom stereocenters. The van der Waals surface area contributed by atoms with Gasteiger partial charge in [-0.15, -0.1) is 4.68 Å². The molecule has 1 aromatic carbocycles. The van der Waals surface area contributed by atoms with Crippen molar-refractivity contribution in [3.8, 4) is 11.3 Å². The minimum absolute atomic E-state index is 0.0651. The SMILES string of the molecule is CC(C)(O)C[n+]1cc(-c2nc(Nc3ccc(SO)cc3F)ncc2C(F)(F)F)c[nH]1. The van der Waals surface area contributed by atoms with Gasteiger partial charge >= 0.3 is 6.18 Å². The fourth-order valence-corrected chi connectivity index (χ4v) is 2.96. The average molecular weight is 444 g/mol.